The van der Waals surface area contributed by atoms with Crippen molar-refractivity contribution in [3.63, 3.8) is 0 Å². The molecule has 3 heterocycles. The molecule has 0 aromatic heterocycles. The van der Waals surface area contributed by atoms with Gasteiger partial charge in [-0.3, -0.25) is 4.99 Å². The Hall–Kier alpha value is -2.76. The number of amidine groups is 1. The molecule has 1 aromatic carbocycles. The number of hydrogen-bond acceptors (Lipinski definition) is 8. The number of anilines is 1. The summed E-state index contributed by atoms with van der Waals surface area (Å²) >= 11 is 0. The van der Waals surface area contributed by atoms with Crippen molar-refractivity contribution >= 4 is 11.5 Å². The van der Waals surface area contributed by atoms with E-state index >= 15 is 0 Å². The fourth-order valence-electron chi connectivity index (χ4n) is 4.47. The van der Waals surface area contributed by atoms with E-state index in [0.29, 0.717) is 24.5 Å². The third-order valence-corrected chi connectivity index (χ3v) is 6.36. The van der Waals surface area contributed by atoms with Crippen LogP contribution in [-0.4, -0.2) is 84.1 Å². The third kappa shape index (κ3) is 4.73. The fourth-order valence-corrected chi connectivity index (χ4v) is 4.47. The Morgan fingerprint density at radius 1 is 1.21 bits per heavy atom. The van der Waals surface area contributed by atoms with Crippen molar-refractivity contribution in [2.45, 2.75) is 11.8 Å². The largest absolute Gasteiger partial charge is 0.496 e. The first-order chi connectivity index (χ1) is 16.2. The minimum Gasteiger partial charge on any atom is -0.496 e. The lowest BCUT2D eigenvalue weighted by molar-refractivity contribution is -0.0922. The highest BCUT2D eigenvalue weighted by atomic mass is 19.4. The van der Waals surface area contributed by atoms with E-state index in [9.17, 15) is 13.2 Å². The highest BCUT2D eigenvalue weighted by Crippen LogP contribution is 2.40. The van der Waals surface area contributed by atoms with Crippen molar-refractivity contribution in [2.75, 3.05) is 72.0 Å². The zero-order valence-electron chi connectivity index (χ0n) is 19.6. The number of rotatable bonds is 7. The molecule has 1 unspecified atom stereocenters. The molecule has 0 bridgehead atoms. The molecule has 11 heteroatoms. The molecule has 1 aromatic rings. The number of aliphatic imine (C=N–C) groups is 1. The molecule has 0 spiro atoms. The van der Waals surface area contributed by atoms with Gasteiger partial charge in [-0.05, 0) is 25.3 Å². The molecule has 0 amide bonds. The summed E-state index contributed by atoms with van der Waals surface area (Å²) < 4.78 is 51.8. The first kappa shape index (κ1) is 24.4. The van der Waals surface area contributed by atoms with Crippen LogP contribution in [0.3, 0.4) is 0 Å². The first-order valence-electron chi connectivity index (χ1n) is 11.2. The van der Waals surface area contributed by atoms with Crippen molar-refractivity contribution in [2.24, 2.45) is 10.7 Å². The van der Waals surface area contributed by atoms with Crippen LogP contribution in [0.25, 0.3) is 0 Å². The number of likely N-dealkylation sites (N-methyl/N-ethyl adjacent to an activating group) is 1. The third-order valence-electron chi connectivity index (χ3n) is 6.36. The van der Waals surface area contributed by atoms with Gasteiger partial charge in [-0.2, -0.15) is 13.2 Å². The Labute approximate surface area is 197 Å². The van der Waals surface area contributed by atoms with E-state index in [1.807, 2.05) is 18.2 Å². The molecular formula is C23H31F3N6O2. The van der Waals surface area contributed by atoms with E-state index in [0.717, 1.165) is 31.9 Å². The van der Waals surface area contributed by atoms with Gasteiger partial charge in [0.05, 0.1) is 25.8 Å². The van der Waals surface area contributed by atoms with E-state index in [1.54, 1.807) is 13.2 Å². The molecule has 0 aliphatic carbocycles. The molecule has 1 saturated heterocycles. The van der Waals surface area contributed by atoms with Crippen LogP contribution in [0, 0.1) is 0 Å². The van der Waals surface area contributed by atoms with Crippen molar-refractivity contribution in [1.29, 1.82) is 0 Å². The molecule has 34 heavy (non-hydrogen) atoms. The maximum absolute atomic E-state index is 13.7. The van der Waals surface area contributed by atoms with Gasteiger partial charge in [-0.25, -0.2) is 0 Å². The van der Waals surface area contributed by atoms with Gasteiger partial charge in [0.1, 0.15) is 17.2 Å². The highest BCUT2D eigenvalue weighted by Gasteiger charge is 2.45. The van der Waals surface area contributed by atoms with Crippen molar-refractivity contribution in [3.8, 4) is 5.75 Å². The number of nitrogens with two attached hydrogens (primary N) is 1. The molecule has 4 rings (SSSR count). The van der Waals surface area contributed by atoms with Crippen LogP contribution in [0.15, 0.2) is 46.1 Å². The molecular weight excluding hydrogens is 449 g/mol. The molecule has 8 nitrogen and oxygen atoms in total. The van der Waals surface area contributed by atoms with Crippen LogP contribution in [0.5, 0.6) is 5.75 Å². The highest BCUT2D eigenvalue weighted by molar-refractivity contribution is 6.06. The van der Waals surface area contributed by atoms with Crippen LogP contribution in [0.4, 0.5) is 18.9 Å². The van der Waals surface area contributed by atoms with E-state index < -0.39 is 24.0 Å². The minimum absolute atomic E-state index is 0.00213. The number of nitrogens with one attached hydrogen (secondary N) is 2. The van der Waals surface area contributed by atoms with Gasteiger partial charge >= 0.3 is 6.18 Å². The molecule has 3 aliphatic heterocycles. The SMILES string of the molecule is COCCNC1=CC(N)(c2ccc(N3CCN(C)CC3)cc2OC)NC2=NCC(C(F)(F)F)=C12. The van der Waals surface area contributed by atoms with Gasteiger partial charge in [-0.1, -0.05) is 0 Å². The Morgan fingerprint density at radius 3 is 2.59 bits per heavy atom. The van der Waals surface area contributed by atoms with Gasteiger partial charge in [0.25, 0.3) is 0 Å². The molecule has 4 N–H and O–H groups in total. The predicted octanol–water partition coefficient (Wildman–Crippen LogP) is 1.55. The number of ether oxygens (including phenoxy) is 2. The second kappa shape index (κ2) is 9.47. The topological polar surface area (TPSA) is 87.4 Å². The molecule has 3 aliphatic rings. The Balaban J connectivity index is 1.72. The Kier molecular flexibility index (Phi) is 6.79. The summed E-state index contributed by atoms with van der Waals surface area (Å²) in [4.78, 5) is 8.67. The summed E-state index contributed by atoms with van der Waals surface area (Å²) in [7, 11) is 5.18. The van der Waals surface area contributed by atoms with Gasteiger partial charge in [0.2, 0.25) is 0 Å². The number of benzene rings is 1. The standard InChI is InChI=1S/C23H31F3N6O2/c1-31-7-9-32(10-8-31)15-4-5-16(19(12-15)34-3)22(27)13-18(28-6-11-33-2)20-17(23(24,25)26)14-29-21(20)30-22/h4-5,12-13,28H,6-11,14,27H2,1-3H3,(H,29,30). The summed E-state index contributed by atoms with van der Waals surface area (Å²) in [5.74, 6) is 0.656. The van der Waals surface area contributed by atoms with Crippen LogP contribution in [0.1, 0.15) is 5.56 Å². The van der Waals surface area contributed by atoms with Crippen LogP contribution in [0.2, 0.25) is 0 Å². The second-order valence-corrected chi connectivity index (χ2v) is 8.66. The average Bonchev–Trinajstić information content (AvgIpc) is 3.23. The predicted molar refractivity (Wildman–Crippen MR) is 125 cm³/mol. The van der Waals surface area contributed by atoms with Crippen molar-refractivity contribution in [3.05, 3.63) is 46.7 Å². The summed E-state index contributed by atoms with van der Waals surface area (Å²) in [6.45, 7) is 3.89. The molecule has 1 fully saturated rings. The van der Waals surface area contributed by atoms with Gasteiger partial charge in [0, 0.05) is 68.4 Å². The summed E-state index contributed by atoms with van der Waals surface area (Å²) in [5.41, 5.74) is 6.61. The molecule has 186 valence electrons. The van der Waals surface area contributed by atoms with E-state index in [1.165, 1.54) is 7.11 Å². The lowest BCUT2D eigenvalue weighted by Gasteiger charge is -2.37. The maximum Gasteiger partial charge on any atom is 0.415 e. The van der Waals surface area contributed by atoms with Crippen molar-refractivity contribution in [1.82, 2.24) is 15.5 Å². The Morgan fingerprint density at radius 2 is 1.94 bits per heavy atom. The number of halogens is 3. The number of piperazine rings is 1. The summed E-state index contributed by atoms with van der Waals surface area (Å²) in [5, 5.41) is 6.08. The van der Waals surface area contributed by atoms with Gasteiger partial charge in [-0.15, -0.1) is 0 Å². The second-order valence-electron chi connectivity index (χ2n) is 8.66. The summed E-state index contributed by atoms with van der Waals surface area (Å²) in [6.07, 6.45) is -2.93. The minimum atomic E-state index is -4.50. The van der Waals surface area contributed by atoms with Crippen LogP contribution in [-0.2, 0) is 10.4 Å². The Bertz CT molecular complexity index is 1010. The zero-order valence-corrected chi connectivity index (χ0v) is 19.6. The zero-order chi connectivity index (χ0) is 24.5. The van der Waals surface area contributed by atoms with E-state index in [-0.39, 0.29) is 17.1 Å². The van der Waals surface area contributed by atoms with Crippen LogP contribution >= 0.6 is 0 Å². The molecule has 0 saturated carbocycles. The lowest BCUT2D eigenvalue weighted by atomic mass is 9.90. The maximum atomic E-state index is 13.7. The van der Waals surface area contributed by atoms with E-state index in [4.69, 9.17) is 15.2 Å². The van der Waals surface area contributed by atoms with Crippen molar-refractivity contribution < 1.29 is 22.6 Å². The van der Waals surface area contributed by atoms with E-state index in [2.05, 4.69) is 32.5 Å². The lowest BCUT2D eigenvalue weighted by Crippen LogP contribution is -2.56. The average molecular weight is 481 g/mol. The molecule has 1 atom stereocenters. The monoisotopic (exact) mass is 480 g/mol. The number of fused-ring (bicyclic) bond motifs is 1. The fraction of sp³-hybridized carbons (Fsp3) is 0.522. The smallest absolute Gasteiger partial charge is 0.415 e. The number of hydrogen-bond donors (Lipinski definition) is 3. The quantitative estimate of drug-likeness (QED) is 0.511. The molecule has 0 radical (unpaired) electrons. The van der Waals surface area contributed by atoms with Gasteiger partial charge < -0.3 is 35.6 Å². The number of nitrogens with zero attached hydrogens (tertiary/aromatic N) is 3. The number of alkyl halides is 3. The van der Waals surface area contributed by atoms with Crippen LogP contribution < -0.4 is 26.0 Å². The van der Waals surface area contributed by atoms with Gasteiger partial charge in [0.15, 0.2) is 0 Å². The summed E-state index contributed by atoms with van der Waals surface area (Å²) in [6, 6.07) is 5.75. The first-order valence-corrected chi connectivity index (χ1v) is 11.2. The number of methoxy groups -OCH3 is 2. The normalized spacial score (nSPS) is 23.3.